The van der Waals surface area contributed by atoms with Crippen LogP contribution in [0, 0.1) is 18.8 Å². The zero-order chi connectivity index (χ0) is 21.1. The van der Waals surface area contributed by atoms with Crippen LogP contribution in [-0.2, 0) is 17.9 Å². The van der Waals surface area contributed by atoms with Gasteiger partial charge in [-0.1, -0.05) is 43.5 Å². The maximum atomic E-state index is 12.8. The molecule has 4 rings (SSSR count). The predicted molar refractivity (Wildman–Crippen MR) is 121 cm³/mol. The first-order valence-corrected chi connectivity index (χ1v) is 11.3. The molecule has 1 aliphatic carbocycles. The number of benzene rings is 2. The Hall–Kier alpha value is -2.33. The Balaban J connectivity index is 1.52. The minimum absolute atomic E-state index is 0.0698. The van der Waals surface area contributed by atoms with E-state index in [1.165, 1.54) is 12.8 Å². The molecule has 0 bridgehead atoms. The molecule has 0 radical (unpaired) electrons. The Morgan fingerprint density at radius 1 is 1.20 bits per heavy atom. The number of Topliss-reactive ketones (excluding diaryl/α,β-unsaturated/α-hetero) is 1. The fourth-order valence-electron chi connectivity index (χ4n) is 4.45. The van der Waals surface area contributed by atoms with Crippen LogP contribution in [0.15, 0.2) is 42.5 Å². The topological polar surface area (TPSA) is 44.1 Å². The number of fused-ring (bicyclic) bond motifs is 1. The maximum absolute atomic E-state index is 12.8. The van der Waals surface area contributed by atoms with Crippen molar-refractivity contribution < 1.29 is 9.53 Å². The number of aromatic nitrogens is 2. The Labute approximate surface area is 183 Å². The van der Waals surface area contributed by atoms with Crippen molar-refractivity contribution in [3.8, 4) is 5.75 Å². The normalized spacial score (nSPS) is 15.6. The van der Waals surface area contributed by atoms with Gasteiger partial charge in [0.2, 0.25) is 0 Å². The lowest BCUT2D eigenvalue weighted by atomic mass is 9.90. The summed E-state index contributed by atoms with van der Waals surface area (Å²) in [6.07, 6.45) is 5.34. The summed E-state index contributed by atoms with van der Waals surface area (Å²) in [6.45, 7) is 5.30. The molecule has 0 amide bonds. The van der Waals surface area contributed by atoms with Crippen LogP contribution in [0.4, 0.5) is 0 Å². The van der Waals surface area contributed by atoms with E-state index in [1.54, 1.807) is 0 Å². The second-order valence-electron chi connectivity index (χ2n) is 8.44. The molecule has 1 unspecified atom stereocenters. The summed E-state index contributed by atoms with van der Waals surface area (Å²) in [7, 11) is 0. The molecule has 1 fully saturated rings. The van der Waals surface area contributed by atoms with Gasteiger partial charge < -0.3 is 9.30 Å². The van der Waals surface area contributed by atoms with Crippen LogP contribution >= 0.6 is 11.6 Å². The van der Waals surface area contributed by atoms with Gasteiger partial charge in [-0.05, 0) is 62.1 Å². The van der Waals surface area contributed by atoms with Crippen LogP contribution in [0.3, 0.4) is 0 Å². The van der Waals surface area contributed by atoms with Crippen LogP contribution < -0.4 is 4.74 Å². The van der Waals surface area contributed by atoms with E-state index in [1.807, 2.05) is 24.3 Å². The summed E-state index contributed by atoms with van der Waals surface area (Å²) in [4.78, 5) is 17.7. The third kappa shape index (κ3) is 4.54. The third-order valence-corrected chi connectivity index (χ3v) is 6.52. The van der Waals surface area contributed by atoms with E-state index in [0.29, 0.717) is 17.4 Å². The average molecular weight is 425 g/mol. The van der Waals surface area contributed by atoms with Crippen molar-refractivity contribution >= 4 is 28.4 Å². The molecule has 2 aromatic carbocycles. The largest absolute Gasteiger partial charge is 0.486 e. The van der Waals surface area contributed by atoms with Crippen molar-refractivity contribution in [2.75, 3.05) is 0 Å². The standard InChI is InChI=1S/C25H29ClN2O2/c1-17-6-5-9-22-24(17)27-23(16-30-21-12-10-20(26)11-13-21)28(22)15-14-18(2)25(29)19-7-3-4-8-19/h5-6,9-13,18-19H,3-4,7-8,14-16H2,1-2H3. The quantitative estimate of drug-likeness (QED) is 0.422. The molecular weight excluding hydrogens is 396 g/mol. The highest BCUT2D eigenvalue weighted by atomic mass is 35.5. The number of hydrogen-bond donors (Lipinski definition) is 0. The molecule has 0 N–H and O–H groups in total. The molecule has 1 heterocycles. The van der Waals surface area contributed by atoms with Crippen LogP contribution in [0.25, 0.3) is 11.0 Å². The van der Waals surface area contributed by atoms with Crippen molar-refractivity contribution in [2.24, 2.45) is 11.8 Å². The minimum Gasteiger partial charge on any atom is -0.486 e. The van der Waals surface area contributed by atoms with Crippen molar-refractivity contribution in [2.45, 2.75) is 59.1 Å². The van der Waals surface area contributed by atoms with Gasteiger partial charge >= 0.3 is 0 Å². The summed E-state index contributed by atoms with van der Waals surface area (Å²) in [5.41, 5.74) is 3.25. The number of rotatable bonds is 8. The van der Waals surface area contributed by atoms with Crippen LogP contribution in [0.1, 0.15) is 50.4 Å². The summed E-state index contributed by atoms with van der Waals surface area (Å²) in [6, 6.07) is 13.6. The van der Waals surface area contributed by atoms with E-state index in [-0.39, 0.29) is 11.8 Å². The first-order valence-electron chi connectivity index (χ1n) is 10.9. The first kappa shape index (κ1) is 20.9. The van der Waals surface area contributed by atoms with Gasteiger partial charge in [-0.25, -0.2) is 4.98 Å². The van der Waals surface area contributed by atoms with E-state index in [0.717, 1.165) is 54.0 Å². The summed E-state index contributed by atoms with van der Waals surface area (Å²) < 4.78 is 8.20. The number of halogens is 1. The highest BCUT2D eigenvalue weighted by Crippen LogP contribution is 2.29. The molecule has 4 nitrogen and oxygen atoms in total. The first-order chi connectivity index (χ1) is 14.5. The number of ketones is 1. The molecule has 0 aliphatic heterocycles. The molecule has 1 aromatic heterocycles. The zero-order valence-electron chi connectivity index (χ0n) is 17.7. The number of nitrogens with zero attached hydrogens (tertiary/aromatic N) is 2. The van der Waals surface area contributed by atoms with Crippen LogP contribution in [-0.4, -0.2) is 15.3 Å². The number of carbonyl (C=O) groups is 1. The SMILES string of the molecule is Cc1cccc2c1nc(COc1ccc(Cl)cc1)n2CCC(C)C(=O)C1CCCC1. The molecular formula is C25H29ClN2O2. The number of hydrogen-bond acceptors (Lipinski definition) is 3. The molecule has 1 aliphatic rings. The molecule has 5 heteroatoms. The molecule has 1 saturated carbocycles. The lowest BCUT2D eigenvalue weighted by Gasteiger charge is -2.17. The van der Waals surface area contributed by atoms with Crippen molar-refractivity contribution in [3.05, 3.63) is 58.9 Å². The minimum atomic E-state index is 0.0698. The zero-order valence-corrected chi connectivity index (χ0v) is 18.5. The molecule has 0 spiro atoms. The monoisotopic (exact) mass is 424 g/mol. The van der Waals surface area contributed by atoms with Crippen LogP contribution in [0.5, 0.6) is 5.75 Å². The average Bonchev–Trinajstić information content (AvgIpc) is 3.40. The highest BCUT2D eigenvalue weighted by Gasteiger charge is 2.26. The molecule has 158 valence electrons. The Kier molecular flexibility index (Phi) is 6.43. The van der Waals surface area contributed by atoms with E-state index in [4.69, 9.17) is 21.3 Å². The van der Waals surface area contributed by atoms with Gasteiger partial charge in [-0.2, -0.15) is 0 Å². The fourth-order valence-corrected chi connectivity index (χ4v) is 4.58. The molecule has 3 aromatic rings. The van der Waals surface area contributed by atoms with Gasteiger partial charge in [0.25, 0.3) is 0 Å². The van der Waals surface area contributed by atoms with E-state index < -0.39 is 0 Å². The fraction of sp³-hybridized carbons (Fsp3) is 0.440. The smallest absolute Gasteiger partial charge is 0.148 e. The van der Waals surface area contributed by atoms with E-state index >= 15 is 0 Å². The third-order valence-electron chi connectivity index (χ3n) is 6.27. The van der Waals surface area contributed by atoms with Gasteiger partial charge in [0.05, 0.1) is 11.0 Å². The number of ether oxygens (including phenoxy) is 1. The molecule has 30 heavy (non-hydrogen) atoms. The molecule has 1 atom stereocenters. The van der Waals surface area contributed by atoms with E-state index in [9.17, 15) is 4.79 Å². The van der Waals surface area contributed by atoms with Crippen molar-refractivity contribution in [1.82, 2.24) is 9.55 Å². The Morgan fingerprint density at radius 3 is 2.67 bits per heavy atom. The van der Waals surface area contributed by atoms with E-state index in [2.05, 4.69) is 36.6 Å². The van der Waals surface area contributed by atoms with Crippen LogP contribution in [0.2, 0.25) is 5.02 Å². The number of carbonyl (C=O) groups excluding carboxylic acids is 1. The van der Waals surface area contributed by atoms with Gasteiger partial charge in [0.15, 0.2) is 0 Å². The summed E-state index contributed by atoms with van der Waals surface area (Å²) >= 11 is 5.97. The predicted octanol–water partition coefficient (Wildman–Crippen LogP) is 6.36. The van der Waals surface area contributed by atoms with Gasteiger partial charge in [0, 0.05) is 23.4 Å². The number of para-hydroxylation sites is 1. The Morgan fingerprint density at radius 2 is 1.93 bits per heavy atom. The lowest BCUT2D eigenvalue weighted by molar-refractivity contribution is -0.126. The van der Waals surface area contributed by atoms with Gasteiger partial charge in [-0.15, -0.1) is 0 Å². The van der Waals surface area contributed by atoms with Crippen molar-refractivity contribution in [1.29, 1.82) is 0 Å². The second kappa shape index (κ2) is 9.22. The Bertz CT molecular complexity index is 1020. The van der Waals surface area contributed by atoms with Crippen molar-refractivity contribution in [3.63, 3.8) is 0 Å². The van der Waals surface area contributed by atoms with Gasteiger partial charge in [0.1, 0.15) is 24.0 Å². The highest BCUT2D eigenvalue weighted by molar-refractivity contribution is 6.30. The maximum Gasteiger partial charge on any atom is 0.148 e. The molecule has 0 saturated heterocycles. The summed E-state index contributed by atoms with van der Waals surface area (Å²) in [5, 5.41) is 0.686. The summed E-state index contributed by atoms with van der Waals surface area (Å²) in [5.74, 6) is 2.43. The second-order valence-corrected chi connectivity index (χ2v) is 8.87. The number of aryl methyl sites for hydroxylation is 2. The number of imidazole rings is 1. The lowest BCUT2D eigenvalue weighted by Crippen LogP contribution is -2.21. The van der Waals surface area contributed by atoms with Gasteiger partial charge in [-0.3, -0.25) is 4.79 Å².